The molecule has 1 heterocycles. The lowest BCUT2D eigenvalue weighted by molar-refractivity contribution is 0.0932. The van der Waals surface area contributed by atoms with E-state index in [0.29, 0.717) is 22.3 Å². The average Bonchev–Trinajstić information content (AvgIpc) is 3.05. The molecule has 3 rings (SSSR count). The Morgan fingerprint density at radius 1 is 1.21 bits per heavy atom. The average molecular weight is 342 g/mol. The van der Waals surface area contributed by atoms with Gasteiger partial charge in [0.15, 0.2) is 0 Å². The predicted octanol–water partition coefficient (Wildman–Crippen LogP) is 4.19. The van der Waals surface area contributed by atoms with Crippen LogP contribution in [0.3, 0.4) is 0 Å². The summed E-state index contributed by atoms with van der Waals surface area (Å²) in [5, 5.41) is 7.34. The molecule has 1 atom stereocenters. The van der Waals surface area contributed by atoms with Gasteiger partial charge in [-0.2, -0.15) is 4.98 Å². The third-order valence-corrected chi connectivity index (χ3v) is 3.87. The summed E-state index contributed by atoms with van der Waals surface area (Å²) in [7, 11) is 0. The van der Waals surface area contributed by atoms with E-state index in [-0.39, 0.29) is 5.91 Å². The monoisotopic (exact) mass is 341 g/mol. The highest BCUT2D eigenvalue weighted by molar-refractivity contribution is 6.30. The third-order valence-electron chi connectivity index (χ3n) is 3.63. The van der Waals surface area contributed by atoms with Crippen LogP contribution < -0.4 is 5.32 Å². The molecule has 0 unspecified atom stereocenters. The number of aromatic nitrogens is 2. The third kappa shape index (κ3) is 3.46. The van der Waals surface area contributed by atoms with Crippen LogP contribution in [0.4, 0.5) is 0 Å². The smallest absolute Gasteiger partial charge is 0.251 e. The van der Waals surface area contributed by atoms with Crippen molar-refractivity contribution in [1.29, 1.82) is 0 Å². The van der Waals surface area contributed by atoms with Crippen molar-refractivity contribution >= 4 is 17.5 Å². The van der Waals surface area contributed by atoms with E-state index in [1.807, 2.05) is 31.2 Å². The fourth-order valence-corrected chi connectivity index (χ4v) is 2.51. The Hall–Kier alpha value is -2.66. The Morgan fingerprint density at radius 3 is 2.75 bits per heavy atom. The molecule has 0 saturated heterocycles. The maximum atomic E-state index is 12.3. The fourth-order valence-electron chi connectivity index (χ4n) is 2.32. The van der Waals surface area contributed by atoms with Crippen LogP contribution in [-0.4, -0.2) is 16.0 Å². The summed E-state index contributed by atoms with van der Waals surface area (Å²) in [6, 6.07) is 14.1. The van der Waals surface area contributed by atoms with Crippen LogP contribution in [0.2, 0.25) is 5.02 Å². The van der Waals surface area contributed by atoms with Crippen molar-refractivity contribution in [2.45, 2.75) is 19.9 Å². The topological polar surface area (TPSA) is 68.0 Å². The number of carbonyl (C=O) groups is 1. The number of hydrogen-bond donors (Lipinski definition) is 1. The molecule has 0 aliphatic carbocycles. The summed E-state index contributed by atoms with van der Waals surface area (Å²) in [4.78, 5) is 16.6. The second-order valence-electron chi connectivity index (χ2n) is 5.48. The van der Waals surface area contributed by atoms with E-state index in [4.69, 9.17) is 16.1 Å². The van der Waals surface area contributed by atoms with Gasteiger partial charge in [0.05, 0.1) is 0 Å². The molecule has 24 heavy (non-hydrogen) atoms. The minimum absolute atomic E-state index is 0.249. The van der Waals surface area contributed by atoms with Gasteiger partial charge < -0.3 is 9.84 Å². The first-order chi connectivity index (χ1) is 11.5. The van der Waals surface area contributed by atoms with Gasteiger partial charge in [-0.1, -0.05) is 47.1 Å². The number of benzene rings is 2. The largest absolute Gasteiger partial charge is 0.341 e. The quantitative estimate of drug-likeness (QED) is 0.772. The highest BCUT2D eigenvalue weighted by Gasteiger charge is 2.18. The van der Waals surface area contributed by atoms with Crippen molar-refractivity contribution in [3.8, 4) is 11.4 Å². The minimum Gasteiger partial charge on any atom is -0.341 e. The van der Waals surface area contributed by atoms with Crippen molar-refractivity contribution in [2.24, 2.45) is 0 Å². The molecule has 122 valence electrons. The summed E-state index contributed by atoms with van der Waals surface area (Å²) < 4.78 is 5.29. The number of amides is 1. The number of hydrogen-bond acceptors (Lipinski definition) is 4. The molecule has 1 aromatic heterocycles. The lowest BCUT2D eigenvalue weighted by atomic mass is 10.1. The number of carbonyl (C=O) groups excluding carboxylic acids is 1. The van der Waals surface area contributed by atoms with Gasteiger partial charge in [0.1, 0.15) is 6.04 Å². The van der Waals surface area contributed by atoms with Crippen molar-refractivity contribution in [3.05, 3.63) is 70.6 Å². The molecular weight excluding hydrogens is 326 g/mol. The number of halogens is 1. The highest BCUT2D eigenvalue weighted by atomic mass is 35.5. The van der Waals surface area contributed by atoms with Crippen LogP contribution in [0.15, 0.2) is 53.1 Å². The molecule has 2 aromatic carbocycles. The second-order valence-corrected chi connectivity index (χ2v) is 5.91. The normalized spacial score (nSPS) is 12.0. The van der Waals surface area contributed by atoms with Gasteiger partial charge in [0, 0.05) is 16.1 Å². The first-order valence-corrected chi connectivity index (χ1v) is 7.88. The van der Waals surface area contributed by atoms with E-state index in [1.165, 1.54) is 0 Å². The van der Waals surface area contributed by atoms with Crippen molar-refractivity contribution < 1.29 is 9.32 Å². The fraction of sp³-hybridized carbons (Fsp3) is 0.167. The summed E-state index contributed by atoms with van der Waals surface area (Å²) in [5.74, 6) is 0.608. The molecule has 3 aromatic rings. The Bertz CT molecular complexity index is 876. The SMILES string of the molecule is Cc1ccccc1-c1noc([C@@H](C)NC(=O)c2cccc(Cl)c2)n1. The molecular formula is C18H16ClN3O2. The Morgan fingerprint density at radius 2 is 2.00 bits per heavy atom. The molecule has 0 saturated carbocycles. The highest BCUT2D eigenvalue weighted by Crippen LogP contribution is 2.22. The predicted molar refractivity (Wildman–Crippen MR) is 91.8 cm³/mol. The summed E-state index contributed by atoms with van der Waals surface area (Å²) in [6.45, 7) is 3.77. The molecule has 1 N–H and O–H groups in total. The first-order valence-electron chi connectivity index (χ1n) is 7.50. The molecule has 0 aliphatic rings. The molecule has 0 bridgehead atoms. The maximum Gasteiger partial charge on any atom is 0.251 e. The van der Waals surface area contributed by atoms with Crippen LogP contribution in [-0.2, 0) is 0 Å². The van der Waals surface area contributed by atoms with Gasteiger partial charge in [0.2, 0.25) is 11.7 Å². The van der Waals surface area contributed by atoms with Gasteiger partial charge >= 0.3 is 0 Å². The molecule has 0 aliphatic heterocycles. The summed E-state index contributed by atoms with van der Waals surface area (Å²) >= 11 is 5.91. The number of aryl methyl sites for hydroxylation is 1. The van der Waals surface area contributed by atoms with Crippen LogP contribution >= 0.6 is 11.6 Å². The van der Waals surface area contributed by atoms with Crippen LogP contribution in [0.1, 0.15) is 34.8 Å². The zero-order valence-electron chi connectivity index (χ0n) is 13.3. The van der Waals surface area contributed by atoms with Crippen LogP contribution in [0, 0.1) is 6.92 Å². The van der Waals surface area contributed by atoms with E-state index in [2.05, 4.69) is 15.5 Å². The molecule has 1 amide bonds. The van der Waals surface area contributed by atoms with Gasteiger partial charge in [-0.15, -0.1) is 0 Å². The van der Waals surface area contributed by atoms with Crippen molar-refractivity contribution in [1.82, 2.24) is 15.5 Å². The van der Waals surface area contributed by atoms with E-state index in [0.717, 1.165) is 11.1 Å². The zero-order chi connectivity index (χ0) is 17.1. The standard InChI is InChI=1S/C18H16ClN3O2/c1-11-6-3-4-9-15(11)16-21-18(24-22-16)12(2)20-17(23)13-7-5-8-14(19)10-13/h3-10,12H,1-2H3,(H,20,23)/t12-/m1/s1. The number of nitrogens with zero attached hydrogens (tertiary/aromatic N) is 2. The molecule has 0 spiro atoms. The van der Waals surface area contributed by atoms with E-state index >= 15 is 0 Å². The lowest BCUT2D eigenvalue weighted by Gasteiger charge is -2.09. The first kappa shape index (κ1) is 16.2. The van der Waals surface area contributed by atoms with E-state index in [1.54, 1.807) is 31.2 Å². The van der Waals surface area contributed by atoms with Gasteiger partial charge in [-0.3, -0.25) is 4.79 Å². The number of nitrogens with one attached hydrogen (secondary N) is 1. The van der Waals surface area contributed by atoms with Crippen LogP contribution in [0.5, 0.6) is 0 Å². The maximum absolute atomic E-state index is 12.3. The Balaban J connectivity index is 1.75. The van der Waals surface area contributed by atoms with Crippen LogP contribution in [0.25, 0.3) is 11.4 Å². The minimum atomic E-state index is -0.415. The van der Waals surface area contributed by atoms with Gasteiger partial charge in [0.25, 0.3) is 5.91 Å². The second kappa shape index (κ2) is 6.84. The molecule has 0 fully saturated rings. The van der Waals surface area contributed by atoms with Gasteiger partial charge in [-0.05, 0) is 37.6 Å². The van der Waals surface area contributed by atoms with Crippen molar-refractivity contribution in [2.75, 3.05) is 0 Å². The van der Waals surface area contributed by atoms with Gasteiger partial charge in [-0.25, -0.2) is 0 Å². The molecule has 6 heteroatoms. The molecule has 0 radical (unpaired) electrons. The Kier molecular flexibility index (Phi) is 4.62. The van der Waals surface area contributed by atoms with E-state index in [9.17, 15) is 4.79 Å². The van der Waals surface area contributed by atoms with E-state index < -0.39 is 6.04 Å². The lowest BCUT2D eigenvalue weighted by Crippen LogP contribution is -2.26. The van der Waals surface area contributed by atoms with Crippen molar-refractivity contribution in [3.63, 3.8) is 0 Å². The summed E-state index contributed by atoms with van der Waals surface area (Å²) in [5.41, 5.74) is 2.44. The number of rotatable bonds is 4. The Labute approximate surface area is 144 Å². The molecule has 5 nitrogen and oxygen atoms in total. The summed E-state index contributed by atoms with van der Waals surface area (Å²) in [6.07, 6.45) is 0. The zero-order valence-corrected chi connectivity index (χ0v) is 14.0.